The summed E-state index contributed by atoms with van der Waals surface area (Å²) in [5.74, 6) is 1.06. The molecule has 0 radical (unpaired) electrons. The average Bonchev–Trinajstić information content (AvgIpc) is 3.39. The van der Waals surface area contributed by atoms with Gasteiger partial charge in [-0.1, -0.05) is 42.1 Å². The van der Waals surface area contributed by atoms with Crippen LogP contribution in [0, 0.1) is 5.82 Å². The first-order chi connectivity index (χ1) is 16.1. The van der Waals surface area contributed by atoms with Crippen LogP contribution in [0.5, 0.6) is 5.75 Å². The van der Waals surface area contributed by atoms with E-state index in [1.165, 1.54) is 17.8 Å². The van der Waals surface area contributed by atoms with E-state index in [-0.39, 0.29) is 23.5 Å². The van der Waals surface area contributed by atoms with Gasteiger partial charge in [0.1, 0.15) is 23.5 Å². The number of ether oxygens (including phenoxy) is 1. The number of benzene rings is 2. The van der Waals surface area contributed by atoms with Crippen LogP contribution >= 0.6 is 11.8 Å². The molecule has 5 rings (SSSR count). The summed E-state index contributed by atoms with van der Waals surface area (Å²) in [4.78, 5) is 19.9. The molecule has 0 amide bonds. The van der Waals surface area contributed by atoms with E-state index in [0.717, 1.165) is 5.39 Å². The number of nitrogens with one attached hydrogen (secondary N) is 1. The summed E-state index contributed by atoms with van der Waals surface area (Å²) in [7, 11) is 0. The molecule has 8 nitrogen and oxygen atoms in total. The number of aromatic amines is 1. The molecule has 10 heteroatoms. The Bertz CT molecular complexity index is 1520. The standard InChI is InChI=1S/C23H18FN5O3S/c1-2-11-29-19(12-31-17-10-6-4-8-15(17)24)27-28-23(29)33-13-18-25-20-14-7-3-5-9-16(14)32-21(20)22(30)26-18/h2-10H,1,11-13H2,(H,25,26,30). The maximum atomic E-state index is 13.8. The lowest BCUT2D eigenvalue weighted by Crippen LogP contribution is -2.11. The number of allylic oxidation sites excluding steroid dienone is 1. The fraction of sp³-hybridized carbons (Fsp3) is 0.130. The van der Waals surface area contributed by atoms with Gasteiger partial charge in [-0.15, -0.1) is 16.8 Å². The molecule has 5 aromatic rings. The number of H-pyrrole nitrogens is 1. The highest BCUT2D eigenvalue weighted by Gasteiger charge is 2.16. The highest BCUT2D eigenvalue weighted by Crippen LogP contribution is 2.26. The zero-order chi connectivity index (χ0) is 22.8. The predicted octanol–water partition coefficient (Wildman–Crippen LogP) is 4.46. The minimum absolute atomic E-state index is 0.0460. The summed E-state index contributed by atoms with van der Waals surface area (Å²) in [6.07, 6.45) is 1.71. The Labute approximate surface area is 191 Å². The van der Waals surface area contributed by atoms with Crippen molar-refractivity contribution in [2.24, 2.45) is 0 Å². The van der Waals surface area contributed by atoms with Gasteiger partial charge in [0.05, 0.1) is 5.75 Å². The smallest absolute Gasteiger partial charge is 0.294 e. The molecule has 0 spiro atoms. The highest BCUT2D eigenvalue weighted by atomic mass is 32.2. The molecule has 0 unspecified atom stereocenters. The van der Waals surface area contributed by atoms with Gasteiger partial charge in [0.25, 0.3) is 5.56 Å². The highest BCUT2D eigenvalue weighted by molar-refractivity contribution is 7.98. The van der Waals surface area contributed by atoms with Crippen LogP contribution in [0.4, 0.5) is 4.39 Å². The zero-order valence-electron chi connectivity index (χ0n) is 17.3. The number of fused-ring (bicyclic) bond motifs is 3. The second-order valence-corrected chi connectivity index (χ2v) is 8.04. The number of furan rings is 1. The van der Waals surface area contributed by atoms with Crippen LogP contribution in [0.2, 0.25) is 0 Å². The van der Waals surface area contributed by atoms with Gasteiger partial charge in [0.2, 0.25) is 5.58 Å². The molecule has 0 atom stereocenters. The van der Waals surface area contributed by atoms with Crippen molar-refractivity contribution < 1.29 is 13.5 Å². The fourth-order valence-corrected chi connectivity index (χ4v) is 4.23. The van der Waals surface area contributed by atoms with Crippen LogP contribution in [0.25, 0.3) is 22.1 Å². The van der Waals surface area contributed by atoms with E-state index in [1.54, 1.807) is 30.3 Å². The summed E-state index contributed by atoms with van der Waals surface area (Å²) < 4.78 is 26.9. The fourth-order valence-electron chi connectivity index (χ4n) is 3.40. The van der Waals surface area contributed by atoms with Gasteiger partial charge in [-0.25, -0.2) is 9.37 Å². The number of rotatable bonds is 8. The molecule has 0 aliphatic heterocycles. The third kappa shape index (κ3) is 4.12. The number of nitrogens with zero attached hydrogens (tertiary/aromatic N) is 4. The second kappa shape index (κ2) is 8.91. The van der Waals surface area contributed by atoms with E-state index >= 15 is 0 Å². The van der Waals surface area contributed by atoms with Crippen LogP contribution in [0.15, 0.2) is 75.6 Å². The molecular weight excluding hydrogens is 445 g/mol. The lowest BCUT2D eigenvalue weighted by molar-refractivity contribution is 0.275. The molecule has 0 saturated carbocycles. The van der Waals surface area contributed by atoms with Crippen molar-refractivity contribution in [3.05, 3.63) is 89.0 Å². The topological polar surface area (TPSA) is 98.8 Å². The molecule has 33 heavy (non-hydrogen) atoms. The monoisotopic (exact) mass is 463 g/mol. The van der Waals surface area contributed by atoms with Crippen molar-refractivity contribution >= 4 is 33.8 Å². The molecular formula is C23H18FN5O3S. The third-order valence-electron chi connectivity index (χ3n) is 4.92. The Morgan fingerprint density at radius 1 is 1.18 bits per heavy atom. The molecule has 0 saturated heterocycles. The lowest BCUT2D eigenvalue weighted by Gasteiger charge is -2.09. The minimum atomic E-state index is -0.445. The van der Waals surface area contributed by atoms with Crippen LogP contribution in [0.3, 0.4) is 0 Å². The van der Waals surface area contributed by atoms with Crippen molar-refractivity contribution in [3.63, 3.8) is 0 Å². The van der Waals surface area contributed by atoms with E-state index < -0.39 is 5.82 Å². The Hall–Kier alpha value is -3.92. The SMILES string of the molecule is C=CCn1c(COc2ccccc2F)nnc1SCc1nc2c(oc3ccccc32)c(=O)[nH]1. The first kappa shape index (κ1) is 21.0. The molecule has 2 aromatic carbocycles. The summed E-state index contributed by atoms with van der Waals surface area (Å²) in [6, 6.07) is 13.6. The minimum Gasteiger partial charge on any atom is -0.483 e. The van der Waals surface area contributed by atoms with Gasteiger partial charge in [-0.05, 0) is 24.3 Å². The largest absolute Gasteiger partial charge is 0.483 e. The van der Waals surface area contributed by atoms with E-state index in [4.69, 9.17) is 9.15 Å². The maximum absolute atomic E-state index is 13.8. The summed E-state index contributed by atoms with van der Waals surface area (Å²) >= 11 is 1.36. The molecule has 166 valence electrons. The van der Waals surface area contributed by atoms with Gasteiger partial charge in [-0.2, -0.15) is 0 Å². The Balaban J connectivity index is 1.37. The molecule has 0 bridgehead atoms. The number of thioether (sulfide) groups is 1. The van der Waals surface area contributed by atoms with Crippen molar-refractivity contribution in [2.75, 3.05) is 0 Å². The first-order valence-electron chi connectivity index (χ1n) is 10.1. The second-order valence-electron chi connectivity index (χ2n) is 7.09. The van der Waals surface area contributed by atoms with Crippen LogP contribution in [0.1, 0.15) is 11.6 Å². The van der Waals surface area contributed by atoms with Crippen LogP contribution in [-0.4, -0.2) is 24.7 Å². The van der Waals surface area contributed by atoms with Crippen molar-refractivity contribution in [1.82, 2.24) is 24.7 Å². The van der Waals surface area contributed by atoms with Gasteiger partial charge in [0.15, 0.2) is 22.5 Å². The maximum Gasteiger partial charge on any atom is 0.294 e. The molecule has 0 aliphatic rings. The molecule has 3 aromatic heterocycles. The number of para-hydroxylation sites is 2. The van der Waals surface area contributed by atoms with E-state index in [2.05, 4.69) is 26.7 Å². The summed E-state index contributed by atoms with van der Waals surface area (Å²) in [5, 5.41) is 9.79. The zero-order valence-corrected chi connectivity index (χ0v) is 18.1. The Morgan fingerprint density at radius 2 is 2.00 bits per heavy atom. The third-order valence-corrected chi connectivity index (χ3v) is 5.89. The van der Waals surface area contributed by atoms with E-state index in [0.29, 0.717) is 40.2 Å². The molecule has 3 heterocycles. The number of halogens is 1. The van der Waals surface area contributed by atoms with Crippen molar-refractivity contribution in [3.8, 4) is 5.75 Å². The van der Waals surface area contributed by atoms with E-state index in [9.17, 15) is 9.18 Å². The Kier molecular flexibility index (Phi) is 5.66. The molecule has 0 fully saturated rings. The quantitative estimate of drug-likeness (QED) is 0.268. The Morgan fingerprint density at radius 3 is 2.85 bits per heavy atom. The van der Waals surface area contributed by atoms with Crippen molar-refractivity contribution in [1.29, 1.82) is 0 Å². The average molecular weight is 463 g/mol. The van der Waals surface area contributed by atoms with Gasteiger partial charge < -0.3 is 14.1 Å². The van der Waals surface area contributed by atoms with E-state index in [1.807, 2.05) is 22.8 Å². The molecule has 1 N–H and O–H groups in total. The predicted molar refractivity (Wildman–Crippen MR) is 123 cm³/mol. The first-order valence-corrected chi connectivity index (χ1v) is 11.1. The number of aromatic nitrogens is 5. The molecule has 0 aliphatic carbocycles. The number of hydrogen-bond acceptors (Lipinski definition) is 7. The summed E-state index contributed by atoms with van der Waals surface area (Å²) in [6.45, 7) is 4.27. The van der Waals surface area contributed by atoms with Crippen LogP contribution in [-0.2, 0) is 18.9 Å². The van der Waals surface area contributed by atoms with Gasteiger partial charge in [0, 0.05) is 11.9 Å². The number of hydrogen-bond donors (Lipinski definition) is 1. The lowest BCUT2D eigenvalue weighted by atomic mass is 10.2. The van der Waals surface area contributed by atoms with Crippen LogP contribution < -0.4 is 10.3 Å². The van der Waals surface area contributed by atoms with Gasteiger partial charge >= 0.3 is 0 Å². The summed E-state index contributed by atoms with van der Waals surface area (Å²) in [5.41, 5.74) is 1.00. The normalized spacial score (nSPS) is 11.3. The van der Waals surface area contributed by atoms with Gasteiger partial charge in [-0.3, -0.25) is 9.36 Å². The van der Waals surface area contributed by atoms with Crippen molar-refractivity contribution in [2.45, 2.75) is 24.1 Å².